The molecule has 1 aliphatic rings. The molecule has 24 heavy (non-hydrogen) atoms. The monoisotopic (exact) mass is 350 g/mol. The number of aliphatic hydroxyl groups is 6. The van der Waals surface area contributed by atoms with Crippen molar-refractivity contribution in [3.63, 3.8) is 0 Å². The maximum atomic E-state index is 10.3. The van der Waals surface area contributed by atoms with Crippen LogP contribution in [0.1, 0.15) is 19.8 Å². The fourth-order valence-corrected chi connectivity index (χ4v) is 2.80. The molecule has 0 fully saturated rings. The van der Waals surface area contributed by atoms with Gasteiger partial charge in [0.15, 0.2) is 11.5 Å². The summed E-state index contributed by atoms with van der Waals surface area (Å²) in [6.07, 6.45) is -1.86. The fraction of sp³-hybridized carbons (Fsp3) is 0.467. The van der Waals surface area contributed by atoms with E-state index in [0.29, 0.717) is 4.91 Å². The smallest absolute Gasteiger partial charge is 0.167 e. The van der Waals surface area contributed by atoms with E-state index in [1.54, 1.807) is 13.2 Å². The van der Waals surface area contributed by atoms with Gasteiger partial charge in [-0.15, -0.1) is 11.8 Å². The minimum Gasteiger partial charge on any atom is -0.512 e. The van der Waals surface area contributed by atoms with Crippen LogP contribution in [0.15, 0.2) is 44.6 Å². The van der Waals surface area contributed by atoms with Crippen LogP contribution in [0.4, 0.5) is 0 Å². The molecule has 4 radical (unpaired) electrons. The van der Waals surface area contributed by atoms with Gasteiger partial charge in [-0.1, -0.05) is 18.7 Å². The van der Waals surface area contributed by atoms with E-state index in [2.05, 4.69) is 0 Å². The summed E-state index contributed by atoms with van der Waals surface area (Å²) in [6.45, 7) is 1.63. The minimum atomic E-state index is -1.78. The summed E-state index contributed by atoms with van der Waals surface area (Å²) >= 11 is 1.23. The molecular formula is C15H20B2O6S. The molecule has 9 heteroatoms. The Morgan fingerprint density at radius 1 is 1.25 bits per heavy atom. The Kier molecular flexibility index (Phi) is 7.38. The van der Waals surface area contributed by atoms with Crippen LogP contribution in [-0.4, -0.2) is 64.8 Å². The molecule has 0 saturated heterocycles. The second-order valence-corrected chi connectivity index (χ2v) is 6.09. The summed E-state index contributed by atoms with van der Waals surface area (Å²) in [5, 5.41) is 60.2. The number of hydrogen-bond acceptors (Lipinski definition) is 7. The predicted octanol–water partition coefficient (Wildman–Crippen LogP) is 1.80. The largest absolute Gasteiger partial charge is 0.512 e. The van der Waals surface area contributed by atoms with E-state index in [1.165, 1.54) is 11.8 Å². The Hall–Kier alpha value is -1.44. The van der Waals surface area contributed by atoms with E-state index in [1.807, 2.05) is 0 Å². The van der Waals surface area contributed by atoms with E-state index in [0.717, 1.165) is 0 Å². The quantitative estimate of drug-likeness (QED) is 0.254. The van der Waals surface area contributed by atoms with Gasteiger partial charge in [0.25, 0.3) is 0 Å². The van der Waals surface area contributed by atoms with Crippen molar-refractivity contribution in [2.75, 3.05) is 6.26 Å². The van der Waals surface area contributed by atoms with Crippen LogP contribution >= 0.6 is 11.8 Å². The standard InChI is InChI=1S/C15H20B2O6S/c1-3-6(18)10(12(17)9(5-16)24-2)11-7(19)4-8(20)13(21)15(23)14(11)22/h8,13,18-23H,3-5H2,1-2H3/b10-6+,12-9-. The van der Waals surface area contributed by atoms with Crippen molar-refractivity contribution in [1.29, 1.82) is 0 Å². The van der Waals surface area contributed by atoms with Crippen molar-refractivity contribution < 1.29 is 30.6 Å². The average molecular weight is 350 g/mol. The summed E-state index contributed by atoms with van der Waals surface area (Å²) in [5.74, 6) is -2.57. The van der Waals surface area contributed by atoms with Crippen LogP contribution in [0.25, 0.3) is 0 Å². The number of hydrogen-bond donors (Lipinski definition) is 6. The zero-order chi connectivity index (χ0) is 18.6. The van der Waals surface area contributed by atoms with Crippen LogP contribution in [0.3, 0.4) is 0 Å². The molecule has 1 rings (SSSR count). The molecule has 0 spiro atoms. The van der Waals surface area contributed by atoms with Crippen LogP contribution in [0.2, 0.25) is 6.32 Å². The van der Waals surface area contributed by atoms with Crippen molar-refractivity contribution in [3.05, 3.63) is 44.6 Å². The molecule has 0 aromatic carbocycles. The average Bonchev–Trinajstić information content (AvgIpc) is 2.62. The molecule has 6 N–H and O–H groups in total. The van der Waals surface area contributed by atoms with Gasteiger partial charge in [-0.3, -0.25) is 0 Å². The van der Waals surface area contributed by atoms with Crippen molar-refractivity contribution in [1.82, 2.24) is 0 Å². The summed E-state index contributed by atoms with van der Waals surface area (Å²) < 4.78 is 0. The molecule has 6 nitrogen and oxygen atoms in total. The molecular weight excluding hydrogens is 330 g/mol. The Morgan fingerprint density at radius 3 is 2.29 bits per heavy atom. The second kappa shape index (κ2) is 8.60. The first-order valence-electron chi connectivity index (χ1n) is 7.27. The van der Waals surface area contributed by atoms with E-state index in [9.17, 15) is 30.6 Å². The highest BCUT2D eigenvalue weighted by Crippen LogP contribution is 2.37. The summed E-state index contributed by atoms with van der Waals surface area (Å²) in [4.78, 5) is 0.489. The fourth-order valence-electron chi connectivity index (χ4n) is 2.32. The lowest BCUT2D eigenvalue weighted by atomic mass is 9.79. The highest BCUT2D eigenvalue weighted by Gasteiger charge is 2.34. The third-order valence-corrected chi connectivity index (χ3v) is 4.57. The molecule has 0 aliphatic heterocycles. The molecule has 0 aromatic heterocycles. The molecule has 0 heterocycles. The van der Waals surface area contributed by atoms with Gasteiger partial charge in [-0.25, -0.2) is 0 Å². The third-order valence-electron chi connectivity index (χ3n) is 3.69. The summed E-state index contributed by atoms with van der Waals surface area (Å²) in [5.41, 5.74) is -0.425. The van der Waals surface area contributed by atoms with E-state index in [4.69, 9.17) is 15.7 Å². The van der Waals surface area contributed by atoms with Gasteiger partial charge in [-0.05, 0) is 11.2 Å². The van der Waals surface area contributed by atoms with Gasteiger partial charge in [0.1, 0.15) is 19.7 Å². The van der Waals surface area contributed by atoms with Crippen molar-refractivity contribution in [2.45, 2.75) is 38.3 Å². The topological polar surface area (TPSA) is 121 Å². The number of aliphatic hydroxyl groups excluding tert-OH is 6. The molecule has 2 atom stereocenters. The number of thioether (sulfide) groups is 1. The molecule has 0 saturated carbocycles. The molecule has 128 valence electrons. The third kappa shape index (κ3) is 3.96. The second-order valence-electron chi connectivity index (χ2n) is 5.19. The van der Waals surface area contributed by atoms with Gasteiger partial charge in [0.05, 0.1) is 25.3 Å². The van der Waals surface area contributed by atoms with Crippen molar-refractivity contribution in [2.24, 2.45) is 0 Å². The lowest BCUT2D eigenvalue weighted by Crippen LogP contribution is -2.27. The van der Waals surface area contributed by atoms with Crippen molar-refractivity contribution in [3.8, 4) is 0 Å². The highest BCUT2D eigenvalue weighted by molar-refractivity contribution is 8.02. The Morgan fingerprint density at radius 2 is 1.83 bits per heavy atom. The van der Waals surface area contributed by atoms with Crippen molar-refractivity contribution >= 4 is 27.5 Å². The van der Waals surface area contributed by atoms with Gasteiger partial charge < -0.3 is 30.6 Å². The lowest BCUT2D eigenvalue weighted by Gasteiger charge is -2.19. The first-order chi connectivity index (χ1) is 11.2. The molecule has 2 unspecified atom stereocenters. The first kappa shape index (κ1) is 20.6. The van der Waals surface area contributed by atoms with Gasteiger partial charge in [0.2, 0.25) is 0 Å². The number of allylic oxidation sites excluding steroid dienone is 4. The van der Waals surface area contributed by atoms with Gasteiger partial charge >= 0.3 is 0 Å². The molecule has 0 amide bonds. The van der Waals surface area contributed by atoms with Gasteiger partial charge in [-0.2, -0.15) is 0 Å². The zero-order valence-corrected chi connectivity index (χ0v) is 14.3. The van der Waals surface area contributed by atoms with E-state index in [-0.39, 0.29) is 35.1 Å². The number of rotatable bonds is 5. The maximum Gasteiger partial charge on any atom is 0.167 e. The minimum absolute atomic E-state index is 0.0242. The SMILES string of the molecule is [B]C/C(SC)=C([B])\C(C1=C(O)CC(O)C(O)C(O)=C1O)=C(\O)CC. The summed E-state index contributed by atoms with van der Waals surface area (Å²) in [6, 6.07) is 0. The first-order valence-corrected chi connectivity index (χ1v) is 8.49. The predicted molar refractivity (Wildman–Crippen MR) is 95.4 cm³/mol. The molecule has 0 aromatic rings. The maximum absolute atomic E-state index is 10.3. The van der Waals surface area contributed by atoms with Crippen LogP contribution < -0.4 is 0 Å². The Balaban J connectivity index is 3.77. The van der Waals surface area contributed by atoms with Crippen LogP contribution in [-0.2, 0) is 0 Å². The zero-order valence-electron chi connectivity index (χ0n) is 13.5. The normalized spacial score (nSPS) is 24.5. The Bertz CT molecular complexity index is 613. The summed E-state index contributed by atoms with van der Waals surface area (Å²) in [7, 11) is 11.7. The lowest BCUT2D eigenvalue weighted by molar-refractivity contribution is 0.0125. The highest BCUT2D eigenvalue weighted by atomic mass is 32.2. The van der Waals surface area contributed by atoms with Crippen LogP contribution in [0, 0.1) is 0 Å². The van der Waals surface area contributed by atoms with Crippen LogP contribution in [0.5, 0.6) is 0 Å². The Labute approximate surface area is 147 Å². The molecule has 0 bridgehead atoms. The van der Waals surface area contributed by atoms with E-state index < -0.39 is 35.9 Å². The van der Waals surface area contributed by atoms with E-state index >= 15 is 0 Å². The molecule has 1 aliphatic carbocycles. The van der Waals surface area contributed by atoms with Gasteiger partial charge in [0, 0.05) is 18.4 Å².